The van der Waals surface area contributed by atoms with Crippen molar-refractivity contribution in [1.82, 2.24) is 20.1 Å². The van der Waals surface area contributed by atoms with Crippen LogP contribution in [0.3, 0.4) is 0 Å². The molecule has 0 spiro atoms. The number of carbonyl (C=O) groups is 1. The summed E-state index contributed by atoms with van der Waals surface area (Å²) in [6.45, 7) is 0.797. The molecule has 1 atom stereocenters. The number of fused-ring (bicyclic) bond motifs is 1. The highest BCUT2D eigenvalue weighted by Crippen LogP contribution is 2.30. The lowest BCUT2D eigenvalue weighted by molar-refractivity contribution is -0.119. The van der Waals surface area contributed by atoms with Crippen LogP contribution in [0, 0.1) is 0 Å². The van der Waals surface area contributed by atoms with Gasteiger partial charge in [0.2, 0.25) is 5.91 Å². The maximum absolute atomic E-state index is 12.2. The first-order valence-electron chi connectivity index (χ1n) is 8.53. The van der Waals surface area contributed by atoms with E-state index in [2.05, 4.69) is 15.5 Å². The fourth-order valence-electron chi connectivity index (χ4n) is 2.66. The summed E-state index contributed by atoms with van der Waals surface area (Å²) in [5.74, 6) is 1.59. The largest absolute Gasteiger partial charge is 0.486 e. The molecular weight excluding hydrogens is 364 g/mol. The third kappa shape index (κ3) is 4.22. The zero-order valence-corrected chi connectivity index (χ0v) is 15.3. The van der Waals surface area contributed by atoms with Crippen LogP contribution >= 0.6 is 11.8 Å². The summed E-state index contributed by atoms with van der Waals surface area (Å²) >= 11 is 1.34. The van der Waals surface area contributed by atoms with Gasteiger partial charge in [-0.3, -0.25) is 9.36 Å². The molecule has 1 amide bonds. The highest BCUT2D eigenvalue weighted by atomic mass is 32.2. The predicted molar refractivity (Wildman–Crippen MR) is 101 cm³/mol. The number of rotatable bonds is 6. The van der Waals surface area contributed by atoms with E-state index < -0.39 is 0 Å². The quantitative estimate of drug-likeness (QED) is 0.659. The number of para-hydroxylation sites is 3. The van der Waals surface area contributed by atoms with Crippen LogP contribution in [0.5, 0.6) is 11.5 Å². The van der Waals surface area contributed by atoms with E-state index in [-0.39, 0.29) is 17.8 Å². The maximum atomic E-state index is 12.2. The molecule has 0 unspecified atom stereocenters. The number of amides is 1. The van der Waals surface area contributed by atoms with Gasteiger partial charge in [-0.25, -0.2) is 0 Å². The minimum absolute atomic E-state index is 0.0925. The van der Waals surface area contributed by atoms with Gasteiger partial charge < -0.3 is 14.8 Å². The van der Waals surface area contributed by atoms with Gasteiger partial charge in [0.25, 0.3) is 0 Å². The van der Waals surface area contributed by atoms with E-state index >= 15 is 0 Å². The van der Waals surface area contributed by atoms with Gasteiger partial charge >= 0.3 is 0 Å². The van der Waals surface area contributed by atoms with Crippen LogP contribution in [0.4, 0.5) is 0 Å². The Hall–Kier alpha value is -3.00. The second kappa shape index (κ2) is 8.13. The SMILES string of the molecule is O=C(CSc1nncn1-c1ccccc1)NC[C@H]1COc2ccccc2O1. The lowest BCUT2D eigenvalue weighted by Crippen LogP contribution is -2.41. The average molecular weight is 382 g/mol. The summed E-state index contributed by atoms with van der Waals surface area (Å²) in [6.07, 6.45) is 1.43. The molecule has 0 saturated heterocycles. The molecule has 1 aliphatic heterocycles. The molecule has 2 aromatic carbocycles. The van der Waals surface area contributed by atoms with Crippen molar-refractivity contribution >= 4 is 17.7 Å². The van der Waals surface area contributed by atoms with Crippen LogP contribution in [0.2, 0.25) is 0 Å². The number of ether oxygens (including phenoxy) is 2. The topological polar surface area (TPSA) is 78.3 Å². The van der Waals surface area contributed by atoms with Gasteiger partial charge in [-0.1, -0.05) is 42.1 Å². The van der Waals surface area contributed by atoms with E-state index in [4.69, 9.17) is 9.47 Å². The molecular formula is C19H18N4O3S. The van der Waals surface area contributed by atoms with E-state index in [1.54, 1.807) is 6.33 Å². The molecule has 4 rings (SSSR count). The fraction of sp³-hybridized carbons (Fsp3) is 0.211. The minimum atomic E-state index is -0.207. The van der Waals surface area contributed by atoms with Gasteiger partial charge in [0.15, 0.2) is 16.7 Å². The molecule has 1 aromatic heterocycles. The van der Waals surface area contributed by atoms with Crippen LogP contribution in [0.1, 0.15) is 0 Å². The summed E-state index contributed by atoms with van der Waals surface area (Å²) < 4.78 is 13.3. The van der Waals surface area contributed by atoms with Crippen molar-refractivity contribution in [2.45, 2.75) is 11.3 Å². The second-order valence-electron chi connectivity index (χ2n) is 5.91. The number of aromatic nitrogens is 3. The Morgan fingerprint density at radius 2 is 1.93 bits per heavy atom. The van der Waals surface area contributed by atoms with E-state index in [9.17, 15) is 4.79 Å². The molecule has 138 valence electrons. The Morgan fingerprint density at radius 1 is 1.15 bits per heavy atom. The van der Waals surface area contributed by atoms with Gasteiger partial charge in [-0.15, -0.1) is 10.2 Å². The van der Waals surface area contributed by atoms with E-state index in [0.29, 0.717) is 24.1 Å². The van der Waals surface area contributed by atoms with Crippen LogP contribution in [-0.4, -0.2) is 45.7 Å². The molecule has 8 heteroatoms. The zero-order chi connectivity index (χ0) is 18.5. The van der Waals surface area contributed by atoms with Crippen LogP contribution in [0.25, 0.3) is 5.69 Å². The summed E-state index contributed by atoms with van der Waals surface area (Å²) in [7, 11) is 0. The number of hydrogen-bond acceptors (Lipinski definition) is 6. The number of thioether (sulfide) groups is 1. The van der Waals surface area contributed by atoms with E-state index in [1.165, 1.54) is 11.8 Å². The first-order valence-corrected chi connectivity index (χ1v) is 9.51. The van der Waals surface area contributed by atoms with Gasteiger partial charge in [0, 0.05) is 5.69 Å². The normalized spacial score (nSPS) is 15.3. The number of benzene rings is 2. The third-order valence-corrected chi connectivity index (χ3v) is 4.92. The molecule has 0 fully saturated rings. The van der Waals surface area contributed by atoms with Crippen molar-refractivity contribution in [3.05, 3.63) is 60.9 Å². The predicted octanol–water partition coefficient (Wildman–Crippen LogP) is 2.32. The van der Waals surface area contributed by atoms with Crippen LogP contribution in [0.15, 0.2) is 66.1 Å². The van der Waals surface area contributed by atoms with Crippen LogP contribution in [-0.2, 0) is 4.79 Å². The Kier molecular flexibility index (Phi) is 5.24. The monoisotopic (exact) mass is 382 g/mol. The molecule has 1 aliphatic rings. The summed E-state index contributed by atoms with van der Waals surface area (Å²) in [4.78, 5) is 12.2. The average Bonchev–Trinajstić information content (AvgIpc) is 3.20. The van der Waals surface area contributed by atoms with Crippen molar-refractivity contribution < 1.29 is 14.3 Å². The van der Waals surface area contributed by atoms with Crippen molar-refractivity contribution in [3.63, 3.8) is 0 Å². The summed E-state index contributed by atoms with van der Waals surface area (Å²) in [5, 5.41) is 11.6. The Labute approximate surface area is 160 Å². The fourth-order valence-corrected chi connectivity index (χ4v) is 3.42. The molecule has 27 heavy (non-hydrogen) atoms. The molecule has 7 nitrogen and oxygen atoms in total. The molecule has 0 saturated carbocycles. The minimum Gasteiger partial charge on any atom is -0.486 e. The van der Waals surface area contributed by atoms with E-state index in [1.807, 2.05) is 59.2 Å². The lowest BCUT2D eigenvalue weighted by atomic mass is 10.2. The zero-order valence-electron chi connectivity index (χ0n) is 14.4. The Balaban J connectivity index is 1.27. The highest BCUT2D eigenvalue weighted by Gasteiger charge is 2.21. The molecule has 0 aliphatic carbocycles. The molecule has 2 heterocycles. The first-order chi connectivity index (χ1) is 13.3. The summed E-state index contributed by atoms with van der Waals surface area (Å²) in [6, 6.07) is 17.3. The van der Waals surface area contributed by atoms with Gasteiger partial charge in [0.1, 0.15) is 19.0 Å². The molecule has 1 N–H and O–H groups in total. The molecule has 3 aromatic rings. The van der Waals surface area contributed by atoms with Gasteiger partial charge in [-0.2, -0.15) is 0 Å². The smallest absolute Gasteiger partial charge is 0.230 e. The first kappa shape index (κ1) is 17.4. The second-order valence-corrected chi connectivity index (χ2v) is 6.85. The maximum Gasteiger partial charge on any atom is 0.230 e. The van der Waals surface area contributed by atoms with Crippen molar-refractivity contribution in [2.75, 3.05) is 18.9 Å². The van der Waals surface area contributed by atoms with Crippen molar-refractivity contribution in [1.29, 1.82) is 0 Å². The number of nitrogens with zero attached hydrogens (tertiary/aromatic N) is 3. The highest BCUT2D eigenvalue weighted by molar-refractivity contribution is 7.99. The molecule has 0 radical (unpaired) electrons. The van der Waals surface area contributed by atoms with E-state index in [0.717, 1.165) is 11.4 Å². The van der Waals surface area contributed by atoms with Gasteiger partial charge in [-0.05, 0) is 24.3 Å². The summed E-state index contributed by atoms with van der Waals surface area (Å²) in [5.41, 5.74) is 0.955. The van der Waals surface area contributed by atoms with Crippen molar-refractivity contribution in [3.8, 4) is 17.2 Å². The number of hydrogen-bond donors (Lipinski definition) is 1. The van der Waals surface area contributed by atoms with Gasteiger partial charge in [0.05, 0.1) is 12.3 Å². The Morgan fingerprint density at radius 3 is 2.78 bits per heavy atom. The number of carbonyl (C=O) groups excluding carboxylic acids is 1. The Bertz CT molecular complexity index is 916. The van der Waals surface area contributed by atoms with Crippen LogP contribution < -0.4 is 14.8 Å². The lowest BCUT2D eigenvalue weighted by Gasteiger charge is -2.26. The third-order valence-electron chi connectivity index (χ3n) is 3.98. The standard InChI is InChI=1S/C19H18N4O3S/c24-18(20-10-15-11-25-16-8-4-5-9-17(16)26-15)12-27-19-22-21-13-23(19)14-6-2-1-3-7-14/h1-9,13,15H,10-12H2,(H,20,24)/t15-/m0/s1. The van der Waals surface area contributed by atoms with Crippen molar-refractivity contribution in [2.24, 2.45) is 0 Å². The number of nitrogens with one attached hydrogen (secondary N) is 1. The molecule has 0 bridgehead atoms.